The van der Waals surface area contributed by atoms with E-state index in [1.54, 1.807) is 36.4 Å². The standard InChI is InChI=1S/C13H11ClN2O3/c14-11-5-1-2-6-12(11)19-9-13(17)16-15-8-10-4-3-7-18-10/h1-8H,9H2,(H,16,17)/b15-8-. The number of rotatable bonds is 5. The molecule has 0 radical (unpaired) electrons. The van der Waals surface area contributed by atoms with E-state index in [4.69, 9.17) is 20.8 Å². The van der Waals surface area contributed by atoms with Gasteiger partial charge in [0.2, 0.25) is 0 Å². The monoisotopic (exact) mass is 278 g/mol. The molecule has 0 atom stereocenters. The number of para-hydroxylation sites is 1. The fraction of sp³-hybridized carbons (Fsp3) is 0.0769. The first-order valence-electron chi connectivity index (χ1n) is 5.48. The highest BCUT2D eigenvalue weighted by atomic mass is 35.5. The zero-order chi connectivity index (χ0) is 13.5. The van der Waals surface area contributed by atoms with Crippen LogP contribution >= 0.6 is 11.6 Å². The molecule has 1 aromatic carbocycles. The van der Waals surface area contributed by atoms with Gasteiger partial charge in [-0.1, -0.05) is 23.7 Å². The van der Waals surface area contributed by atoms with Gasteiger partial charge in [-0.15, -0.1) is 0 Å². The number of furan rings is 1. The van der Waals surface area contributed by atoms with E-state index in [0.717, 1.165) is 0 Å². The number of amides is 1. The molecule has 0 saturated carbocycles. The van der Waals surface area contributed by atoms with Crippen LogP contribution < -0.4 is 10.2 Å². The van der Waals surface area contributed by atoms with Gasteiger partial charge in [0, 0.05) is 0 Å². The lowest BCUT2D eigenvalue weighted by atomic mass is 10.3. The Morgan fingerprint density at radius 2 is 2.21 bits per heavy atom. The fourth-order valence-corrected chi connectivity index (χ4v) is 1.46. The lowest BCUT2D eigenvalue weighted by molar-refractivity contribution is -0.123. The Morgan fingerprint density at radius 3 is 2.95 bits per heavy atom. The Balaban J connectivity index is 1.78. The second-order valence-electron chi connectivity index (χ2n) is 3.53. The van der Waals surface area contributed by atoms with Crippen molar-refractivity contribution in [1.29, 1.82) is 0 Å². The molecule has 0 aliphatic carbocycles. The topological polar surface area (TPSA) is 63.8 Å². The van der Waals surface area contributed by atoms with Crippen molar-refractivity contribution in [2.75, 3.05) is 6.61 Å². The molecule has 1 amide bonds. The van der Waals surface area contributed by atoms with Crippen molar-refractivity contribution in [2.45, 2.75) is 0 Å². The molecule has 6 heteroatoms. The largest absolute Gasteiger partial charge is 0.482 e. The van der Waals surface area contributed by atoms with Gasteiger partial charge < -0.3 is 9.15 Å². The Labute approximate surface area is 114 Å². The number of carbonyl (C=O) groups excluding carboxylic acids is 1. The third-order valence-corrected chi connectivity index (χ3v) is 2.43. The van der Waals surface area contributed by atoms with Crippen LogP contribution in [0.1, 0.15) is 5.76 Å². The van der Waals surface area contributed by atoms with Crippen molar-refractivity contribution in [3.8, 4) is 5.75 Å². The van der Waals surface area contributed by atoms with Gasteiger partial charge in [0.05, 0.1) is 17.5 Å². The maximum atomic E-state index is 11.4. The maximum absolute atomic E-state index is 11.4. The maximum Gasteiger partial charge on any atom is 0.277 e. The summed E-state index contributed by atoms with van der Waals surface area (Å²) in [5.74, 6) is 0.615. The summed E-state index contributed by atoms with van der Waals surface area (Å²) in [4.78, 5) is 11.4. The molecule has 0 saturated heterocycles. The average Bonchev–Trinajstić information content (AvgIpc) is 2.91. The zero-order valence-corrected chi connectivity index (χ0v) is 10.6. The second kappa shape index (κ2) is 6.61. The van der Waals surface area contributed by atoms with E-state index < -0.39 is 0 Å². The molecular weight excluding hydrogens is 268 g/mol. The summed E-state index contributed by atoms with van der Waals surface area (Å²) in [5.41, 5.74) is 2.31. The van der Waals surface area contributed by atoms with E-state index >= 15 is 0 Å². The summed E-state index contributed by atoms with van der Waals surface area (Å²) >= 11 is 5.88. The minimum atomic E-state index is -0.386. The highest BCUT2D eigenvalue weighted by Crippen LogP contribution is 2.22. The molecule has 0 bridgehead atoms. The van der Waals surface area contributed by atoms with Crippen LogP contribution in [-0.2, 0) is 4.79 Å². The number of nitrogens with one attached hydrogen (secondary N) is 1. The number of halogens is 1. The first-order chi connectivity index (χ1) is 9.25. The Kier molecular flexibility index (Phi) is 4.58. The number of hydrogen-bond donors (Lipinski definition) is 1. The molecule has 98 valence electrons. The summed E-state index contributed by atoms with van der Waals surface area (Å²) in [5, 5.41) is 4.17. The SMILES string of the molecule is O=C(COc1ccccc1Cl)N/N=C\c1ccco1. The zero-order valence-electron chi connectivity index (χ0n) is 9.88. The fourth-order valence-electron chi connectivity index (χ4n) is 1.27. The van der Waals surface area contributed by atoms with E-state index in [1.807, 2.05) is 0 Å². The van der Waals surface area contributed by atoms with Crippen LogP contribution in [0.25, 0.3) is 0 Å². The predicted molar refractivity (Wildman–Crippen MR) is 71.4 cm³/mol. The number of hydrazone groups is 1. The van der Waals surface area contributed by atoms with Crippen LogP contribution in [0, 0.1) is 0 Å². The number of benzene rings is 1. The number of nitrogens with zero attached hydrogens (tertiary/aromatic N) is 1. The highest BCUT2D eigenvalue weighted by Gasteiger charge is 2.04. The van der Waals surface area contributed by atoms with Crippen LogP contribution in [0.3, 0.4) is 0 Å². The van der Waals surface area contributed by atoms with Crippen molar-refractivity contribution < 1.29 is 13.9 Å². The molecule has 2 aromatic rings. The van der Waals surface area contributed by atoms with E-state index in [2.05, 4.69) is 10.5 Å². The van der Waals surface area contributed by atoms with E-state index in [1.165, 1.54) is 12.5 Å². The number of hydrogen-bond acceptors (Lipinski definition) is 4. The molecule has 19 heavy (non-hydrogen) atoms. The molecular formula is C13H11ClN2O3. The van der Waals surface area contributed by atoms with Crippen LogP contribution in [-0.4, -0.2) is 18.7 Å². The average molecular weight is 279 g/mol. The predicted octanol–water partition coefficient (Wildman–Crippen LogP) is 2.46. The van der Waals surface area contributed by atoms with Crippen LogP contribution in [0.2, 0.25) is 5.02 Å². The van der Waals surface area contributed by atoms with E-state index in [9.17, 15) is 4.79 Å². The van der Waals surface area contributed by atoms with Crippen molar-refractivity contribution in [3.05, 3.63) is 53.4 Å². The molecule has 1 N–H and O–H groups in total. The summed E-state index contributed by atoms with van der Waals surface area (Å²) < 4.78 is 10.3. The molecule has 0 aliphatic rings. The van der Waals surface area contributed by atoms with Gasteiger partial charge in [0.25, 0.3) is 5.91 Å². The normalized spacial score (nSPS) is 10.6. The quantitative estimate of drug-likeness (QED) is 0.675. The minimum absolute atomic E-state index is 0.167. The molecule has 1 aromatic heterocycles. The van der Waals surface area contributed by atoms with Crippen molar-refractivity contribution in [2.24, 2.45) is 5.10 Å². The number of carbonyl (C=O) groups is 1. The highest BCUT2D eigenvalue weighted by molar-refractivity contribution is 6.32. The number of ether oxygens (including phenoxy) is 1. The van der Waals surface area contributed by atoms with Crippen molar-refractivity contribution in [1.82, 2.24) is 5.43 Å². The second-order valence-corrected chi connectivity index (χ2v) is 3.93. The van der Waals surface area contributed by atoms with E-state index in [0.29, 0.717) is 16.5 Å². The molecule has 2 rings (SSSR count). The molecule has 1 heterocycles. The molecule has 0 unspecified atom stereocenters. The lowest BCUT2D eigenvalue weighted by Gasteiger charge is -2.05. The Hall–Kier alpha value is -2.27. The Morgan fingerprint density at radius 1 is 1.37 bits per heavy atom. The molecule has 5 nitrogen and oxygen atoms in total. The first-order valence-corrected chi connectivity index (χ1v) is 5.86. The third-order valence-electron chi connectivity index (χ3n) is 2.12. The van der Waals surface area contributed by atoms with Gasteiger partial charge >= 0.3 is 0 Å². The first kappa shape index (κ1) is 13.2. The minimum Gasteiger partial charge on any atom is -0.482 e. The molecule has 0 spiro atoms. The van der Waals surface area contributed by atoms with Crippen molar-refractivity contribution in [3.63, 3.8) is 0 Å². The molecule has 0 fully saturated rings. The summed E-state index contributed by atoms with van der Waals surface area (Å²) in [6.07, 6.45) is 2.91. The van der Waals surface area contributed by atoms with Gasteiger partial charge in [0.1, 0.15) is 11.5 Å². The van der Waals surface area contributed by atoms with Crippen LogP contribution in [0.5, 0.6) is 5.75 Å². The van der Waals surface area contributed by atoms with Gasteiger partial charge in [-0.25, -0.2) is 5.43 Å². The third kappa shape index (κ3) is 4.15. The smallest absolute Gasteiger partial charge is 0.277 e. The van der Waals surface area contributed by atoms with Gasteiger partial charge in [0.15, 0.2) is 6.61 Å². The summed E-state index contributed by atoms with van der Waals surface area (Å²) in [7, 11) is 0. The van der Waals surface area contributed by atoms with E-state index in [-0.39, 0.29) is 12.5 Å². The summed E-state index contributed by atoms with van der Waals surface area (Å²) in [6.45, 7) is -0.167. The van der Waals surface area contributed by atoms with Gasteiger partial charge in [-0.05, 0) is 24.3 Å². The summed E-state index contributed by atoms with van der Waals surface area (Å²) in [6, 6.07) is 10.4. The van der Waals surface area contributed by atoms with Crippen LogP contribution in [0.15, 0.2) is 52.2 Å². The van der Waals surface area contributed by atoms with Gasteiger partial charge in [-0.3, -0.25) is 4.79 Å². The Bertz CT molecular complexity index is 567. The molecule has 0 aliphatic heterocycles. The van der Waals surface area contributed by atoms with Crippen molar-refractivity contribution >= 4 is 23.7 Å². The van der Waals surface area contributed by atoms with Gasteiger partial charge in [-0.2, -0.15) is 5.10 Å². The lowest BCUT2D eigenvalue weighted by Crippen LogP contribution is -2.24. The van der Waals surface area contributed by atoms with Crippen LogP contribution in [0.4, 0.5) is 0 Å².